The summed E-state index contributed by atoms with van der Waals surface area (Å²) in [7, 11) is -2.17. The second-order valence-corrected chi connectivity index (χ2v) is 2.64. The smallest absolute Gasteiger partial charge is 0.402 e. The number of aliphatic hydroxyl groups excluding tert-OH is 1. The van der Waals surface area contributed by atoms with E-state index in [1.54, 1.807) is 6.92 Å². The van der Waals surface area contributed by atoms with Gasteiger partial charge in [0.25, 0.3) is 0 Å². The largest absolute Gasteiger partial charge is 0.631 e. The molecule has 0 saturated carbocycles. The normalized spacial score (nSPS) is 9.31. The molecule has 0 spiro atoms. The van der Waals surface area contributed by atoms with Crippen LogP contribution in [-0.2, 0) is 6.54 Å². The molecule has 1 aromatic rings. The maximum Gasteiger partial charge on any atom is 0.631 e. The predicted molar refractivity (Wildman–Crippen MR) is 53.1 cm³/mol. The van der Waals surface area contributed by atoms with Crippen molar-refractivity contribution in [3.8, 4) is 0 Å². The first kappa shape index (κ1) is 14.5. The van der Waals surface area contributed by atoms with E-state index in [1.807, 2.05) is 0 Å². The van der Waals surface area contributed by atoms with Gasteiger partial charge in [-0.05, 0) is 4.92 Å². The molecule has 0 atom stereocenters. The van der Waals surface area contributed by atoms with Crippen LogP contribution in [0.15, 0.2) is 6.20 Å². The van der Waals surface area contributed by atoms with E-state index in [1.165, 1.54) is 10.8 Å². The summed E-state index contributed by atoms with van der Waals surface area (Å²) < 4.78 is 1.36. The molecule has 0 aliphatic heterocycles. The Balaban J connectivity index is 0.000000487. The Labute approximate surface area is 90.9 Å². The molecule has 4 N–H and O–H groups in total. The van der Waals surface area contributed by atoms with Crippen molar-refractivity contribution < 1.29 is 25.1 Å². The molecule has 0 amide bonds. The van der Waals surface area contributed by atoms with Gasteiger partial charge in [-0.2, -0.15) is 0 Å². The molecule has 1 aromatic heterocycles. The molecule has 1 rings (SSSR count). The van der Waals surface area contributed by atoms with Gasteiger partial charge in [-0.1, -0.05) is 0 Å². The Kier molecular flexibility index (Phi) is 6.26. The molecule has 0 aromatic carbocycles. The zero-order valence-electron chi connectivity index (χ0n) is 8.52. The summed E-state index contributed by atoms with van der Waals surface area (Å²) in [6.07, 6.45) is 1.19. The van der Waals surface area contributed by atoms with Crippen LogP contribution >= 0.6 is 0 Å². The van der Waals surface area contributed by atoms with Crippen LogP contribution in [0.1, 0.15) is 5.82 Å². The topological polar surface area (TPSA) is 142 Å². The van der Waals surface area contributed by atoms with E-state index in [4.69, 9.17) is 20.2 Å². The number of aliphatic hydroxyl groups is 1. The van der Waals surface area contributed by atoms with Gasteiger partial charge in [-0.3, -0.25) is 0 Å². The van der Waals surface area contributed by atoms with Crippen LogP contribution in [0.25, 0.3) is 0 Å². The summed E-state index contributed by atoms with van der Waals surface area (Å²) in [5.41, 5.74) is 0. The van der Waals surface area contributed by atoms with E-state index in [0.717, 1.165) is 0 Å². The molecule has 1 heterocycles. The summed E-state index contributed by atoms with van der Waals surface area (Å²) in [6.45, 7) is 1.74. The minimum absolute atomic E-state index is 0.0819. The zero-order valence-corrected chi connectivity index (χ0v) is 8.52. The Hall–Kier alpha value is -1.49. The fraction of sp³-hybridized carbons (Fsp3) is 0.500. The third-order valence-corrected chi connectivity index (χ3v) is 1.54. The molecule has 10 heteroatoms. The molecular formula is C6H12BN3O6. The molecule has 0 radical (unpaired) electrons. The van der Waals surface area contributed by atoms with Gasteiger partial charge in [-0.25, -0.2) is 9.55 Å². The van der Waals surface area contributed by atoms with Crippen molar-refractivity contribution in [1.29, 1.82) is 0 Å². The average molecular weight is 233 g/mol. The van der Waals surface area contributed by atoms with Gasteiger partial charge in [0.1, 0.15) is 12.7 Å². The van der Waals surface area contributed by atoms with Gasteiger partial charge in [0, 0.05) is 6.92 Å². The zero-order chi connectivity index (χ0) is 12.7. The number of rotatable bonds is 3. The van der Waals surface area contributed by atoms with Crippen LogP contribution in [0.5, 0.6) is 0 Å². The lowest BCUT2D eigenvalue weighted by Crippen LogP contribution is -2.07. The third-order valence-electron chi connectivity index (χ3n) is 1.54. The number of hydrogen-bond acceptors (Lipinski definition) is 7. The van der Waals surface area contributed by atoms with E-state index in [2.05, 4.69) is 4.98 Å². The molecule has 16 heavy (non-hydrogen) atoms. The standard InChI is InChI=1S/C6H9N3O3.BH3O3/c1-5-7-4-6(9(11)12)8(5)2-3-10;2-1(3)4/h4,10H,2-3H2,1H3;2-4H. The van der Waals surface area contributed by atoms with Crippen molar-refractivity contribution in [3.05, 3.63) is 22.1 Å². The Morgan fingerprint density at radius 1 is 1.56 bits per heavy atom. The number of imidazole rings is 1. The number of aryl methyl sites for hydroxylation is 1. The van der Waals surface area contributed by atoms with Gasteiger partial charge in [0.2, 0.25) is 0 Å². The highest BCUT2D eigenvalue weighted by molar-refractivity contribution is 6.30. The first-order valence-corrected chi connectivity index (χ1v) is 4.21. The molecule has 0 aliphatic carbocycles. The van der Waals surface area contributed by atoms with Crippen molar-refractivity contribution >= 4 is 13.1 Å². The summed E-state index contributed by atoms with van der Waals surface area (Å²) in [5.74, 6) is 0.456. The van der Waals surface area contributed by atoms with Crippen LogP contribution in [0.4, 0.5) is 5.82 Å². The summed E-state index contributed by atoms with van der Waals surface area (Å²) in [6, 6.07) is 0. The van der Waals surface area contributed by atoms with Crippen molar-refractivity contribution in [1.82, 2.24) is 9.55 Å². The molecule has 9 nitrogen and oxygen atoms in total. The van der Waals surface area contributed by atoms with Crippen LogP contribution in [0, 0.1) is 17.0 Å². The van der Waals surface area contributed by atoms with Crippen LogP contribution in [-0.4, -0.2) is 48.6 Å². The Morgan fingerprint density at radius 3 is 2.44 bits per heavy atom. The Morgan fingerprint density at radius 2 is 2.06 bits per heavy atom. The minimum atomic E-state index is -2.17. The van der Waals surface area contributed by atoms with Gasteiger partial charge >= 0.3 is 13.1 Å². The van der Waals surface area contributed by atoms with Crippen LogP contribution in [0.2, 0.25) is 0 Å². The number of hydrogen-bond donors (Lipinski definition) is 4. The maximum atomic E-state index is 10.4. The molecule has 0 aliphatic rings. The lowest BCUT2D eigenvalue weighted by atomic mass is 10.3. The molecule has 0 saturated heterocycles. The van der Waals surface area contributed by atoms with E-state index < -0.39 is 12.2 Å². The maximum absolute atomic E-state index is 10.4. The van der Waals surface area contributed by atoms with Crippen molar-refractivity contribution in [3.63, 3.8) is 0 Å². The fourth-order valence-corrected chi connectivity index (χ4v) is 0.978. The molecule has 0 unspecified atom stereocenters. The number of aromatic nitrogens is 2. The van der Waals surface area contributed by atoms with E-state index in [9.17, 15) is 10.1 Å². The average Bonchev–Trinajstić information content (AvgIpc) is 2.48. The van der Waals surface area contributed by atoms with Crippen LogP contribution in [0.3, 0.4) is 0 Å². The first-order valence-electron chi connectivity index (χ1n) is 4.21. The lowest BCUT2D eigenvalue weighted by molar-refractivity contribution is -0.392. The Bertz CT molecular complexity index is 338. The van der Waals surface area contributed by atoms with E-state index >= 15 is 0 Å². The van der Waals surface area contributed by atoms with Crippen molar-refractivity contribution in [2.24, 2.45) is 0 Å². The van der Waals surface area contributed by atoms with E-state index in [-0.39, 0.29) is 19.0 Å². The highest BCUT2D eigenvalue weighted by Gasteiger charge is 2.15. The van der Waals surface area contributed by atoms with Gasteiger partial charge in [-0.15, -0.1) is 0 Å². The highest BCUT2D eigenvalue weighted by Crippen LogP contribution is 2.12. The summed E-state index contributed by atoms with van der Waals surface area (Å²) >= 11 is 0. The van der Waals surface area contributed by atoms with Crippen molar-refractivity contribution in [2.45, 2.75) is 13.5 Å². The molecule has 0 fully saturated rings. The van der Waals surface area contributed by atoms with Gasteiger partial charge < -0.3 is 30.3 Å². The fourth-order valence-electron chi connectivity index (χ4n) is 0.978. The first-order chi connectivity index (χ1) is 7.40. The monoisotopic (exact) mass is 233 g/mol. The predicted octanol–water partition coefficient (Wildman–Crippen LogP) is -1.96. The quantitative estimate of drug-likeness (QED) is 0.269. The second-order valence-electron chi connectivity index (χ2n) is 2.64. The number of nitrogens with zero attached hydrogens (tertiary/aromatic N) is 3. The summed E-state index contributed by atoms with van der Waals surface area (Å²) in [4.78, 5) is 13.6. The lowest BCUT2D eigenvalue weighted by Gasteiger charge is -1.98. The van der Waals surface area contributed by atoms with Gasteiger partial charge in [0.05, 0.1) is 6.61 Å². The molecule has 0 bridgehead atoms. The van der Waals surface area contributed by atoms with E-state index in [0.29, 0.717) is 5.82 Å². The summed E-state index contributed by atoms with van der Waals surface area (Å²) in [5, 5.41) is 40.5. The van der Waals surface area contributed by atoms with Crippen molar-refractivity contribution in [2.75, 3.05) is 6.61 Å². The SMILES string of the molecule is Cc1ncc([N+](=O)[O-])n1CCO.OB(O)O. The second kappa shape index (κ2) is 6.90. The molecule has 90 valence electrons. The highest BCUT2D eigenvalue weighted by atomic mass is 16.6. The minimum Gasteiger partial charge on any atom is -0.402 e. The number of nitro groups is 1. The molecular weight excluding hydrogens is 221 g/mol. The third kappa shape index (κ3) is 4.84. The van der Waals surface area contributed by atoms with Gasteiger partial charge in [0.15, 0.2) is 5.82 Å². The van der Waals surface area contributed by atoms with Crippen LogP contribution < -0.4 is 0 Å².